The first kappa shape index (κ1) is 90.5. The largest absolute Gasteiger partial charge is 0.445 e. The van der Waals surface area contributed by atoms with Crippen molar-refractivity contribution in [1.82, 2.24) is 31.6 Å². The number of aromatic nitrogens is 3. The SMILES string of the molecule is CCCCOCCOCCOCC[n+]1[nH]nc2c1-c1ccccc1CN(C(=O)CCC(=O)NCCOCCOCCOCCOCCC(=O)N[C@H](C(=O)C[C@@H](CCCNC(N)=O)C(=O)Nc1ccc(COC(=O)NCC(=O)[C@@]34OC(CCC)O[C@@H]3C[C@H]3[C@@H]5C[C@H](F)C6=CC(=O)C=C[C@]6(C)[C@@]5(F)[C@@H](O)C[C@@]34C)cc1)C(C)C)c1ccccc1-2. The van der Waals surface area contributed by atoms with Crippen molar-refractivity contribution in [3.8, 4) is 22.5 Å². The summed E-state index contributed by atoms with van der Waals surface area (Å²) < 4.78 is 94.3. The van der Waals surface area contributed by atoms with Crippen LogP contribution in [-0.2, 0) is 101 Å². The number of nitrogens with two attached hydrogens (primary N) is 1. The molecule has 32 heteroatoms. The maximum atomic E-state index is 18.0. The Morgan fingerprint density at radius 3 is 2.09 bits per heavy atom. The molecule has 10 rings (SSSR count). The summed E-state index contributed by atoms with van der Waals surface area (Å²) in [6.45, 7) is 16.2. The zero-order valence-electron chi connectivity index (χ0n) is 68.1. The molecule has 3 saturated carbocycles. The quantitative estimate of drug-likeness (QED) is 0.0154. The maximum absolute atomic E-state index is 18.0. The van der Waals surface area contributed by atoms with Gasteiger partial charge in [0.05, 0.1) is 128 Å². The molecule has 4 fully saturated rings. The third-order valence-corrected chi connectivity index (χ3v) is 23.2. The van der Waals surface area contributed by atoms with Gasteiger partial charge in [-0.2, -0.15) is 4.68 Å². The van der Waals surface area contributed by atoms with Crippen LogP contribution in [0.5, 0.6) is 0 Å². The number of H-pyrrole nitrogens is 1. The number of aliphatic hydroxyl groups is 1. The van der Waals surface area contributed by atoms with Gasteiger partial charge in [-0.1, -0.05) is 107 Å². The molecule has 0 spiro atoms. The number of hydrogen-bond acceptors (Lipinski definition) is 21. The highest BCUT2D eigenvalue weighted by atomic mass is 19.1. The second-order valence-electron chi connectivity index (χ2n) is 31.4. The van der Waals surface area contributed by atoms with Crippen LogP contribution in [0.25, 0.3) is 22.5 Å². The molecule has 4 aliphatic carbocycles. The Kier molecular flexibility index (Phi) is 33.4. The van der Waals surface area contributed by atoms with Gasteiger partial charge in [0.2, 0.25) is 29.3 Å². The first-order chi connectivity index (χ1) is 56.4. The number of primary amides is 1. The van der Waals surface area contributed by atoms with Gasteiger partial charge in [0.1, 0.15) is 19.3 Å². The summed E-state index contributed by atoms with van der Waals surface area (Å²) in [7, 11) is 0. The molecule has 12 atom stereocenters. The van der Waals surface area contributed by atoms with E-state index >= 15 is 8.78 Å². The molecular formula is C85H117F2N10O20+. The molecule has 1 aromatic heterocycles. The molecule has 2 aliphatic heterocycles. The third kappa shape index (κ3) is 22.4. The second kappa shape index (κ2) is 43.2. The van der Waals surface area contributed by atoms with Crippen molar-refractivity contribution < 1.29 is 109 Å². The molecule has 0 radical (unpaired) electrons. The highest BCUT2D eigenvalue weighted by molar-refractivity contribution is 6.02. The van der Waals surface area contributed by atoms with Crippen molar-refractivity contribution in [2.24, 2.45) is 40.2 Å². The molecule has 4 aromatic rings. The summed E-state index contributed by atoms with van der Waals surface area (Å²) in [5, 5.41) is 33.4. The van der Waals surface area contributed by atoms with Crippen LogP contribution in [0, 0.1) is 34.5 Å². The monoisotopic (exact) mass is 1640 g/mol. The molecule has 117 heavy (non-hydrogen) atoms. The van der Waals surface area contributed by atoms with E-state index in [4.69, 9.17) is 58.2 Å². The molecule has 6 aliphatic rings. The van der Waals surface area contributed by atoms with E-state index in [1.54, 1.807) is 49.9 Å². The zero-order valence-corrected chi connectivity index (χ0v) is 68.1. The first-order valence-corrected chi connectivity index (χ1v) is 41.1. The zero-order chi connectivity index (χ0) is 83.7. The number of allylic oxidation sites excluding steroid dienone is 4. The van der Waals surface area contributed by atoms with Gasteiger partial charge in [-0.25, -0.2) is 18.4 Å². The van der Waals surface area contributed by atoms with E-state index in [2.05, 4.69) is 38.7 Å². The fourth-order valence-corrected chi connectivity index (χ4v) is 17.2. The van der Waals surface area contributed by atoms with Crippen LogP contribution < -0.4 is 41.9 Å². The number of hydrogen-bond donors (Lipinski definition) is 8. The smallest absolute Gasteiger partial charge is 0.407 e. The van der Waals surface area contributed by atoms with Crippen molar-refractivity contribution in [1.29, 1.82) is 0 Å². The van der Waals surface area contributed by atoms with E-state index in [-0.39, 0.29) is 160 Å². The standard InChI is InChI=1S/C85H116F2N10O20/c1-7-9-33-108-37-41-112-44-40-111-36-32-97-78-61-18-11-10-16-58(61)53-96(67-20-13-12-19-62(67)77(78)94-95-97)74(104)26-25-72(102)89-31-35-110-39-43-114-46-45-113-42-38-109-34-28-73(103)93-76(55(3)4)68(99)47-57(17-14-30-90-80(88)106)79(105)92-59-23-21-56(22-24-59)54-115-81(107)91-52-70(101)85-71(116-75(117-85)15-8-2)50-63-64-49-66(86)65-48-60(98)27-29-82(65,5)84(64,87)69(100)51-83(63,85)6/h10-13,16,18-24,27,29,48,55,57,63-64,66,69,71,75-76,100H,7-9,14-15,17,25-26,28,30-47,49-54H2,1-6H3,(H7,88,89,90,91,92,93,102,103,105,106,107)/p+1/t57-,63+,64+,66+,69+,71-,75?,76+,82+,83+,84+,85-/m1/s1. The summed E-state index contributed by atoms with van der Waals surface area (Å²) in [5.41, 5.74) is 4.00. The number of amides is 7. The summed E-state index contributed by atoms with van der Waals surface area (Å²) in [6.07, 6.45) is 0.549. The Balaban J connectivity index is 0.582. The molecule has 1 saturated heterocycles. The summed E-state index contributed by atoms with van der Waals surface area (Å²) in [4.78, 5) is 122. The average molecular weight is 1640 g/mol. The summed E-state index contributed by atoms with van der Waals surface area (Å²) in [5.74, 6) is -5.87. The van der Waals surface area contributed by atoms with Crippen LogP contribution in [0.4, 0.5) is 29.7 Å². The number of alkyl carbamates (subject to hydrolysis) is 1. The number of rotatable bonds is 48. The molecule has 1 unspecified atom stereocenters. The fourth-order valence-electron chi connectivity index (χ4n) is 17.2. The predicted octanol–water partition coefficient (Wildman–Crippen LogP) is 7.89. The van der Waals surface area contributed by atoms with E-state index in [0.29, 0.717) is 81.5 Å². The van der Waals surface area contributed by atoms with Crippen molar-refractivity contribution in [2.45, 2.75) is 187 Å². The molecular weight excluding hydrogens is 1520 g/mol. The first-order valence-electron chi connectivity index (χ1n) is 41.1. The van der Waals surface area contributed by atoms with Crippen molar-refractivity contribution in [3.63, 3.8) is 0 Å². The van der Waals surface area contributed by atoms with Crippen LogP contribution in [0.2, 0.25) is 0 Å². The number of para-hydroxylation sites is 1. The van der Waals surface area contributed by atoms with Crippen molar-refractivity contribution in [2.75, 3.05) is 122 Å². The Labute approximate surface area is 681 Å². The van der Waals surface area contributed by atoms with Crippen LogP contribution in [0.15, 0.2) is 96.6 Å². The molecule has 0 bridgehead atoms. The lowest BCUT2D eigenvalue weighted by atomic mass is 9.44. The second-order valence-corrected chi connectivity index (χ2v) is 31.4. The number of halogens is 2. The van der Waals surface area contributed by atoms with Gasteiger partial charge in [-0.15, -0.1) is 0 Å². The number of benzene rings is 3. The van der Waals surface area contributed by atoms with E-state index in [0.717, 1.165) is 47.9 Å². The number of carbonyl (C=O) groups is 9. The van der Waals surface area contributed by atoms with Crippen LogP contribution in [0.1, 0.15) is 136 Å². The van der Waals surface area contributed by atoms with Gasteiger partial charge < -0.3 is 89.7 Å². The van der Waals surface area contributed by atoms with Gasteiger partial charge >= 0.3 is 12.1 Å². The average Bonchev–Trinajstić information content (AvgIpc) is 1.54. The number of unbranched alkanes of at least 4 members (excludes halogenated alkanes) is 1. The minimum atomic E-state index is -2.39. The number of Topliss-reactive ketones (excluding diaryl/α,β-unsaturated/α-hetero) is 2. The Morgan fingerprint density at radius 1 is 0.744 bits per heavy atom. The summed E-state index contributed by atoms with van der Waals surface area (Å²) >= 11 is 0. The number of anilines is 2. The number of ether oxygens (including phenoxy) is 10. The Morgan fingerprint density at radius 2 is 1.40 bits per heavy atom. The Bertz CT molecular complexity index is 4110. The minimum absolute atomic E-state index is 0.0170. The number of fused-ring (bicyclic) bond motifs is 12. The van der Waals surface area contributed by atoms with E-state index < -0.39 is 113 Å². The summed E-state index contributed by atoms with van der Waals surface area (Å²) in [6, 6.07) is 20.2. The number of nitrogens with zero attached hydrogens (tertiary/aromatic N) is 3. The van der Waals surface area contributed by atoms with E-state index in [9.17, 15) is 48.3 Å². The lowest BCUT2D eigenvalue weighted by Gasteiger charge is -2.63. The van der Waals surface area contributed by atoms with Gasteiger partial charge in [0.15, 0.2) is 34.9 Å². The van der Waals surface area contributed by atoms with Gasteiger partial charge in [0.25, 0.3) is 5.69 Å². The fraction of sp³-hybridized carbons (Fsp3) is 0.612. The topological polar surface area (TPSA) is 388 Å². The number of carbonyl (C=O) groups excluding carboxylic acids is 9. The highest BCUT2D eigenvalue weighted by Crippen LogP contribution is 2.72. The van der Waals surface area contributed by atoms with Crippen LogP contribution in [0.3, 0.4) is 0 Å². The lowest BCUT2D eigenvalue weighted by molar-refractivity contribution is -0.744. The van der Waals surface area contributed by atoms with E-state index in [1.165, 1.54) is 19.1 Å². The highest BCUT2D eigenvalue weighted by Gasteiger charge is 2.80. The molecule has 30 nitrogen and oxygen atoms in total. The third-order valence-electron chi connectivity index (χ3n) is 23.2. The number of aliphatic hydroxyl groups excluding tert-OH is 1. The lowest BCUT2D eigenvalue weighted by Crippen LogP contribution is -2.71. The van der Waals surface area contributed by atoms with Crippen LogP contribution >= 0.6 is 0 Å². The van der Waals surface area contributed by atoms with Gasteiger partial charge in [-0.3, -0.25) is 33.6 Å². The molecule has 3 aromatic carbocycles. The normalized spacial score (nSPS) is 23.9. The number of nitrogens with one attached hydrogen (secondary N) is 6. The Hall–Kier alpha value is -8.83. The van der Waals surface area contributed by atoms with Crippen LogP contribution in [-0.4, -0.2) is 223 Å². The predicted molar refractivity (Wildman–Crippen MR) is 425 cm³/mol. The van der Waals surface area contributed by atoms with Gasteiger partial charge in [0, 0.05) is 84.4 Å². The van der Waals surface area contributed by atoms with Crippen molar-refractivity contribution >= 4 is 64.5 Å². The van der Waals surface area contributed by atoms with Crippen molar-refractivity contribution in [3.05, 3.63) is 108 Å². The number of ketones is 3. The number of aromatic amines is 1. The number of alkyl halides is 2. The van der Waals surface area contributed by atoms with Gasteiger partial charge in [-0.05, 0) is 117 Å². The molecule has 3 heterocycles. The minimum Gasteiger partial charge on any atom is -0.445 e. The maximum Gasteiger partial charge on any atom is 0.407 e. The molecule has 9 N–H and O–H groups in total. The molecule has 7 amide bonds. The van der Waals surface area contributed by atoms with E-state index in [1.807, 2.05) is 60.1 Å². The number of urea groups is 1. The molecule has 640 valence electrons.